The van der Waals surface area contributed by atoms with Crippen molar-refractivity contribution in [1.29, 1.82) is 0 Å². The number of nitrogens with zero attached hydrogens (tertiary/aromatic N) is 6. The molecule has 3 rings (SSSR count). The second kappa shape index (κ2) is 6.45. The molecule has 1 N–H and O–H groups in total. The van der Waals surface area contributed by atoms with Crippen LogP contribution in [0.5, 0.6) is 0 Å². The van der Waals surface area contributed by atoms with Gasteiger partial charge < -0.3 is 5.32 Å². The number of nitrogens with one attached hydrogen (secondary N) is 1. The minimum Gasteiger partial charge on any atom is -0.326 e. The van der Waals surface area contributed by atoms with Gasteiger partial charge in [-0.05, 0) is 37.6 Å². The Bertz CT molecular complexity index is 890. The number of carbonyl (C=O) groups is 1. The molecular weight excluding hydrogens is 306 g/mol. The number of carbonyl (C=O) groups excluding carboxylic acids is 1. The van der Waals surface area contributed by atoms with E-state index in [9.17, 15) is 4.79 Å². The van der Waals surface area contributed by atoms with Crippen molar-refractivity contribution in [3.05, 3.63) is 53.6 Å². The fourth-order valence-corrected chi connectivity index (χ4v) is 2.26. The summed E-state index contributed by atoms with van der Waals surface area (Å²) in [5.74, 6) is 0.419. The second-order valence-corrected chi connectivity index (χ2v) is 5.36. The number of amides is 1. The predicted molar refractivity (Wildman–Crippen MR) is 90.4 cm³/mol. The smallest absolute Gasteiger partial charge is 0.273 e. The first-order valence-electron chi connectivity index (χ1n) is 7.38. The molecule has 8 heteroatoms. The minimum absolute atomic E-state index is 0.101. The van der Waals surface area contributed by atoms with Gasteiger partial charge in [-0.3, -0.25) is 4.79 Å². The van der Waals surface area contributed by atoms with E-state index in [2.05, 4.69) is 25.7 Å². The third-order valence-corrected chi connectivity index (χ3v) is 3.27. The molecule has 0 radical (unpaired) electrons. The summed E-state index contributed by atoms with van der Waals surface area (Å²) in [5, 5.41) is 19.5. The second-order valence-electron chi connectivity index (χ2n) is 5.36. The molecule has 0 aliphatic rings. The van der Waals surface area contributed by atoms with E-state index in [0.717, 1.165) is 22.6 Å². The highest BCUT2D eigenvalue weighted by molar-refractivity contribution is 5.89. The number of benzene rings is 1. The van der Waals surface area contributed by atoms with Gasteiger partial charge in [0.2, 0.25) is 5.91 Å². The summed E-state index contributed by atoms with van der Waals surface area (Å²) in [6, 6.07) is 9.32. The summed E-state index contributed by atoms with van der Waals surface area (Å²) in [7, 11) is 0. The summed E-state index contributed by atoms with van der Waals surface area (Å²) < 4.78 is 3.25. The topological polar surface area (TPSA) is 90.0 Å². The average molecular weight is 323 g/mol. The van der Waals surface area contributed by atoms with Crippen molar-refractivity contribution in [3.8, 4) is 5.95 Å². The maximum Gasteiger partial charge on any atom is 0.273 e. The van der Waals surface area contributed by atoms with Gasteiger partial charge in [0.05, 0.1) is 11.9 Å². The van der Waals surface area contributed by atoms with Crippen molar-refractivity contribution in [1.82, 2.24) is 24.7 Å². The van der Waals surface area contributed by atoms with E-state index in [0.29, 0.717) is 5.95 Å². The third kappa shape index (κ3) is 3.37. The standard InChI is InChI=1S/C16H17N7O/c1-11-8-12(2)23(21-11)16-20-17-10-22(16)18-9-14-4-6-15(7-5-14)19-13(3)24/h4-10H,1-3H3,(H,19,24)/b18-9-. The first-order valence-corrected chi connectivity index (χ1v) is 7.38. The van der Waals surface area contributed by atoms with Crippen molar-refractivity contribution in [2.75, 3.05) is 5.32 Å². The summed E-state index contributed by atoms with van der Waals surface area (Å²) in [4.78, 5) is 11.0. The van der Waals surface area contributed by atoms with Crippen LogP contribution >= 0.6 is 0 Å². The van der Waals surface area contributed by atoms with Crippen molar-refractivity contribution >= 4 is 17.8 Å². The van der Waals surface area contributed by atoms with Crippen LogP contribution in [-0.4, -0.2) is 36.8 Å². The van der Waals surface area contributed by atoms with Gasteiger partial charge in [-0.15, -0.1) is 10.2 Å². The van der Waals surface area contributed by atoms with E-state index < -0.39 is 0 Å². The molecular formula is C16H17N7O. The molecule has 1 aromatic carbocycles. The van der Waals surface area contributed by atoms with Crippen LogP contribution in [0.25, 0.3) is 5.95 Å². The zero-order valence-electron chi connectivity index (χ0n) is 13.6. The molecule has 1 amide bonds. The van der Waals surface area contributed by atoms with Crippen molar-refractivity contribution in [2.45, 2.75) is 20.8 Å². The number of rotatable bonds is 4. The molecule has 24 heavy (non-hydrogen) atoms. The molecule has 0 aliphatic heterocycles. The molecule has 122 valence electrons. The van der Waals surface area contributed by atoms with Crippen LogP contribution in [0, 0.1) is 13.8 Å². The molecule has 0 bridgehead atoms. The van der Waals surface area contributed by atoms with Gasteiger partial charge in [-0.2, -0.15) is 14.9 Å². The lowest BCUT2D eigenvalue weighted by atomic mass is 10.2. The molecule has 8 nitrogen and oxygen atoms in total. The van der Waals surface area contributed by atoms with E-state index in [1.54, 1.807) is 15.6 Å². The maximum absolute atomic E-state index is 11.0. The quantitative estimate of drug-likeness (QED) is 0.743. The lowest BCUT2D eigenvalue weighted by Gasteiger charge is -2.03. The lowest BCUT2D eigenvalue weighted by Crippen LogP contribution is -2.07. The van der Waals surface area contributed by atoms with Gasteiger partial charge in [0, 0.05) is 18.3 Å². The first-order chi connectivity index (χ1) is 11.5. The molecule has 0 saturated heterocycles. The predicted octanol–water partition coefficient (Wildman–Crippen LogP) is 1.92. The van der Waals surface area contributed by atoms with Gasteiger partial charge >= 0.3 is 0 Å². The Labute approximate surface area is 138 Å². The largest absolute Gasteiger partial charge is 0.326 e. The number of aryl methyl sites for hydroxylation is 2. The summed E-state index contributed by atoms with van der Waals surface area (Å²) in [5.41, 5.74) is 3.49. The summed E-state index contributed by atoms with van der Waals surface area (Å²) >= 11 is 0. The molecule has 0 unspecified atom stereocenters. The van der Waals surface area contributed by atoms with E-state index in [4.69, 9.17) is 0 Å². The Morgan fingerprint density at radius 3 is 2.62 bits per heavy atom. The minimum atomic E-state index is -0.101. The first kappa shape index (κ1) is 15.6. The molecule has 0 aliphatic carbocycles. The monoisotopic (exact) mass is 323 g/mol. The fourth-order valence-electron chi connectivity index (χ4n) is 2.26. The van der Waals surface area contributed by atoms with E-state index >= 15 is 0 Å². The number of hydrogen-bond donors (Lipinski definition) is 1. The normalized spacial score (nSPS) is 11.1. The van der Waals surface area contributed by atoms with E-state index in [1.165, 1.54) is 13.3 Å². The molecule has 3 aromatic rings. The third-order valence-electron chi connectivity index (χ3n) is 3.27. The van der Waals surface area contributed by atoms with Crippen LogP contribution in [-0.2, 0) is 4.79 Å². The van der Waals surface area contributed by atoms with Gasteiger partial charge in [-0.1, -0.05) is 12.1 Å². The highest BCUT2D eigenvalue weighted by atomic mass is 16.1. The Balaban J connectivity index is 1.82. The number of anilines is 1. The van der Waals surface area contributed by atoms with Crippen LogP contribution < -0.4 is 5.32 Å². The van der Waals surface area contributed by atoms with Crippen molar-refractivity contribution < 1.29 is 4.79 Å². The number of aromatic nitrogens is 5. The van der Waals surface area contributed by atoms with E-state index in [-0.39, 0.29) is 5.91 Å². The van der Waals surface area contributed by atoms with Crippen LogP contribution in [0.3, 0.4) is 0 Å². The van der Waals surface area contributed by atoms with Crippen LogP contribution in [0.1, 0.15) is 23.9 Å². The lowest BCUT2D eigenvalue weighted by molar-refractivity contribution is -0.114. The molecule has 0 fully saturated rings. The molecule has 0 saturated carbocycles. The zero-order chi connectivity index (χ0) is 17.1. The molecule has 2 heterocycles. The van der Waals surface area contributed by atoms with Crippen LogP contribution in [0.15, 0.2) is 41.8 Å². The Kier molecular flexibility index (Phi) is 4.19. The molecule has 0 spiro atoms. The SMILES string of the molecule is CC(=O)Nc1ccc(/C=N\n2cnnc2-n2nc(C)cc2C)cc1. The highest BCUT2D eigenvalue weighted by Gasteiger charge is 2.10. The Morgan fingerprint density at radius 2 is 2.00 bits per heavy atom. The Hall–Kier alpha value is -3.29. The molecule has 0 atom stereocenters. The zero-order valence-corrected chi connectivity index (χ0v) is 13.6. The van der Waals surface area contributed by atoms with Crippen LogP contribution in [0.2, 0.25) is 0 Å². The van der Waals surface area contributed by atoms with E-state index in [1.807, 2.05) is 44.2 Å². The summed E-state index contributed by atoms with van der Waals surface area (Å²) in [6.07, 6.45) is 3.21. The highest BCUT2D eigenvalue weighted by Crippen LogP contribution is 2.10. The molecule has 2 aromatic heterocycles. The Morgan fingerprint density at radius 1 is 1.25 bits per heavy atom. The van der Waals surface area contributed by atoms with Crippen LogP contribution in [0.4, 0.5) is 5.69 Å². The van der Waals surface area contributed by atoms with Gasteiger partial charge in [-0.25, -0.2) is 4.68 Å². The summed E-state index contributed by atoms with van der Waals surface area (Å²) in [6.45, 7) is 5.34. The van der Waals surface area contributed by atoms with Gasteiger partial charge in [0.1, 0.15) is 6.33 Å². The number of hydrogen-bond acceptors (Lipinski definition) is 5. The maximum atomic E-state index is 11.0. The van der Waals surface area contributed by atoms with Gasteiger partial charge in [0.15, 0.2) is 0 Å². The average Bonchev–Trinajstić information content (AvgIpc) is 3.11. The van der Waals surface area contributed by atoms with Crippen molar-refractivity contribution in [3.63, 3.8) is 0 Å². The van der Waals surface area contributed by atoms with Crippen molar-refractivity contribution in [2.24, 2.45) is 5.10 Å². The fraction of sp³-hybridized carbons (Fsp3) is 0.188. The van der Waals surface area contributed by atoms with Gasteiger partial charge in [0.25, 0.3) is 5.95 Å².